The predicted octanol–water partition coefficient (Wildman–Crippen LogP) is 4.00. The molecule has 158 valence electrons. The first kappa shape index (κ1) is 21.8. The van der Waals surface area contributed by atoms with E-state index in [2.05, 4.69) is 5.32 Å². The number of rotatable bonds is 7. The Morgan fingerprint density at radius 3 is 2.33 bits per heavy atom. The van der Waals surface area contributed by atoms with E-state index in [0.29, 0.717) is 10.7 Å². The molecule has 1 fully saturated rings. The Hall–Kier alpha value is -2.86. The van der Waals surface area contributed by atoms with Gasteiger partial charge in [0.05, 0.1) is 5.92 Å². The molecular formula is C23H25ClN2O4. The topological polar surface area (TPSA) is 75.7 Å². The molecule has 0 saturated carbocycles. The fourth-order valence-electron chi connectivity index (χ4n) is 3.57. The minimum absolute atomic E-state index is 0.0573. The number of nitrogens with one attached hydrogen (secondary N) is 1. The van der Waals surface area contributed by atoms with Crippen molar-refractivity contribution in [1.82, 2.24) is 0 Å². The van der Waals surface area contributed by atoms with Crippen LogP contribution in [-0.4, -0.2) is 30.9 Å². The molecule has 0 bridgehead atoms. The Labute approximate surface area is 181 Å². The Balaban J connectivity index is 1.57. The predicted molar refractivity (Wildman–Crippen MR) is 117 cm³/mol. The van der Waals surface area contributed by atoms with Crippen LogP contribution in [0.5, 0.6) is 0 Å². The van der Waals surface area contributed by atoms with Crippen LogP contribution in [-0.2, 0) is 32.0 Å². The van der Waals surface area contributed by atoms with Crippen molar-refractivity contribution in [3.05, 3.63) is 58.6 Å². The number of esters is 1. The zero-order chi connectivity index (χ0) is 21.7. The van der Waals surface area contributed by atoms with Gasteiger partial charge in [-0.05, 0) is 48.2 Å². The van der Waals surface area contributed by atoms with Gasteiger partial charge in [0.2, 0.25) is 5.91 Å². The Morgan fingerprint density at radius 2 is 1.73 bits per heavy atom. The lowest BCUT2D eigenvalue weighted by atomic mass is 10.0. The summed E-state index contributed by atoms with van der Waals surface area (Å²) in [6.07, 6.45) is 1.63. The molecule has 1 saturated heterocycles. The first-order valence-corrected chi connectivity index (χ1v) is 10.4. The van der Waals surface area contributed by atoms with Gasteiger partial charge in [0, 0.05) is 29.4 Å². The van der Waals surface area contributed by atoms with E-state index in [1.165, 1.54) is 4.90 Å². The van der Waals surface area contributed by atoms with E-state index in [-0.39, 0.29) is 25.5 Å². The summed E-state index contributed by atoms with van der Waals surface area (Å²) in [5.41, 5.74) is 3.54. The number of para-hydroxylation sites is 1. The van der Waals surface area contributed by atoms with Crippen LogP contribution in [0.1, 0.15) is 31.4 Å². The first-order valence-electron chi connectivity index (χ1n) is 10.1. The van der Waals surface area contributed by atoms with Crippen LogP contribution in [0.4, 0.5) is 11.4 Å². The number of aryl methyl sites for hydroxylation is 2. The van der Waals surface area contributed by atoms with Crippen LogP contribution in [0, 0.1) is 5.92 Å². The number of hydrogen-bond acceptors (Lipinski definition) is 4. The third-order valence-electron chi connectivity index (χ3n) is 5.21. The third kappa shape index (κ3) is 5.00. The maximum atomic E-state index is 12.4. The van der Waals surface area contributed by atoms with Gasteiger partial charge in [0.1, 0.15) is 0 Å². The molecule has 2 amide bonds. The average molecular weight is 429 g/mol. The van der Waals surface area contributed by atoms with Gasteiger partial charge in [0.25, 0.3) is 5.91 Å². The van der Waals surface area contributed by atoms with Crippen molar-refractivity contribution >= 4 is 40.8 Å². The fraction of sp³-hybridized carbons (Fsp3) is 0.348. The van der Waals surface area contributed by atoms with E-state index < -0.39 is 17.8 Å². The molecule has 1 aliphatic rings. The summed E-state index contributed by atoms with van der Waals surface area (Å²) in [5.74, 6) is -1.70. The van der Waals surface area contributed by atoms with Gasteiger partial charge in [-0.2, -0.15) is 0 Å². The molecule has 6 nitrogen and oxygen atoms in total. The number of hydrogen-bond donors (Lipinski definition) is 1. The highest BCUT2D eigenvalue weighted by molar-refractivity contribution is 6.30. The molecule has 0 spiro atoms. The van der Waals surface area contributed by atoms with Crippen molar-refractivity contribution in [3.8, 4) is 0 Å². The van der Waals surface area contributed by atoms with Crippen molar-refractivity contribution in [2.75, 3.05) is 23.4 Å². The second-order valence-corrected chi connectivity index (χ2v) is 7.63. The molecule has 1 heterocycles. The molecule has 30 heavy (non-hydrogen) atoms. The number of ether oxygens (including phenoxy) is 1. The normalized spacial score (nSPS) is 15.9. The van der Waals surface area contributed by atoms with Crippen molar-refractivity contribution in [2.24, 2.45) is 5.92 Å². The van der Waals surface area contributed by atoms with Crippen LogP contribution in [0.3, 0.4) is 0 Å². The lowest BCUT2D eigenvalue weighted by molar-refractivity contribution is -0.151. The van der Waals surface area contributed by atoms with Gasteiger partial charge in [-0.3, -0.25) is 14.4 Å². The van der Waals surface area contributed by atoms with Crippen LogP contribution < -0.4 is 10.2 Å². The van der Waals surface area contributed by atoms with Gasteiger partial charge in [-0.1, -0.05) is 43.6 Å². The molecule has 1 atom stereocenters. The molecule has 1 N–H and O–H groups in total. The zero-order valence-corrected chi connectivity index (χ0v) is 17.9. The largest absolute Gasteiger partial charge is 0.455 e. The van der Waals surface area contributed by atoms with E-state index in [9.17, 15) is 14.4 Å². The van der Waals surface area contributed by atoms with Gasteiger partial charge >= 0.3 is 5.97 Å². The Bertz CT molecular complexity index is 920. The maximum absolute atomic E-state index is 12.4. The average Bonchev–Trinajstić information content (AvgIpc) is 3.14. The molecule has 2 aromatic rings. The molecule has 0 aromatic heterocycles. The smallest absolute Gasteiger partial charge is 0.311 e. The van der Waals surface area contributed by atoms with Crippen molar-refractivity contribution in [3.63, 3.8) is 0 Å². The minimum atomic E-state index is -0.602. The second kappa shape index (κ2) is 9.76. The molecule has 0 aliphatic carbocycles. The van der Waals surface area contributed by atoms with Crippen molar-refractivity contribution in [1.29, 1.82) is 0 Å². The highest BCUT2D eigenvalue weighted by Gasteiger charge is 2.36. The van der Waals surface area contributed by atoms with E-state index in [0.717, 1.165) is 29.7 Å². The van der Waals surface area contributed by atoms with Crippen LogP contribution in [0.15, 0.2) is 42.5 Å². The van der Waals surface area contributed by atoms with E-state index in [1.807, 2.05) is 32.0 Å². The molecule has 2 aromatic carbocycles. The van der Waals surface area contributed by atoms with Crippen molar-refractivity contribution < 1.29 is 19.1 Å². The number of carbonyl (C=O) groups is 3. The molecule has 7 heteroatoms. The number of amides is 2. The van der Waals surface area contributed by atoms with Gasteiger partial charge < -0.3 is 15.0 Å². The van der Waals surface area contributed by atoms with E-state index >= 15 is 0 Å². The Morgan fingerprint density at radius 1 is 1.10 bits per heavy atom. The van der Waals surface area contributed by atoms with E-state index in [1.54, 1.807) is 24.3 Å². The lowest BCUT2D eigenvalue weighted by Crippen LogP contribution is -2.28. The minimum Gasteiger partial charge on any atom is -0.455 e. The number of halogens is 1. The van der Waals surface area contributed by atoms with Gasteiger partial charge in [0.15, 0.2) is 6.61 Å². The third-order valence-corrected chi connectivity index (χ3v) is 5.46. The van der Waals surface area contributed by atoms with Crippen LogP contribution >= 0.6 is 11.6 Å². The Kier molecular flexibility index (Phi) is 7.11. The first-order chi connectivity index (χ1) is 14.4. The molecule has 1 aliphatic heterocycles. The quantitative estimate of drug-likeness (QED) is 0.676. The summed E-state index contributed by atoms with van der Waals surface area (Å²) in [7, 11) is 0. The van der Waals surface area contributed by atoms with Gasteiger partial charge in [-0.15, -0.1) is 0 Å². The monoisotopic (exact) mass is 428 g/mol. The lowest BCUT2D eigenvalue weighted by Gasteiger charge is -2.17. The molecule has 3 rings (SSSR count). The summed E-state index contributed by atoms with van der Waals surface area (Å²) >= 11 is 5.89. The standard InChI is InChI=1S/C23H25ClN2O4/c1-3-15-6-5-7-16(4-2)22(15)25-20(27)14-30-23(29)17-12-21(28)26(13-17)19-10-8-18(24)9-11-19/h5-11,17H,3-4,12-14H2,1-2H3,(H,25,27)/t17-/m1/s1. The fourth-order valence-corrected chi connectivity index (χ4v) is 3.70. The molecule has 0 unspecified atom stereocenters. The van der Waals surface area contributed by atoms with E-state index in [4.69, 9.17) is 16.3 Å². The van der Waals surface area contributed by atoms with Gasteiger partial charge in [-0.25, -0.2) is 0 Å². The summed E-state index contributed by atoms with van der Waals surface area (Å²) in [6.45, 7) is 3.88. The maximum Gasteiger partial charge on any atom is 0.311 e. The summed E-state index contributed by atoms with van der Waals surface area (Å²) < 4.78 is 5.21. The number of benzene rings is 2. The molecular weight excluding hydrogens is 404 g/mol. The highest BCUT2D eigenvalue weighted by atomic mass is 35.5. The summed E-state index contributed by atoms with van der Waals surface area (Å²) in [4.78, 5) is 38.6. The highest BCUT2D eigenvalue weighted by Crippen LogP contribution is 2.27. The number of nitrogens with zero attached hydrogens (tertiary/aromatic N) is 1. The number of anilines is 2. The number of carbonyl (C=O) groups excluding carboxylic acids is 3. The summed E-state index contributed by atoms with van der Waals surface area (Å²) in [6, 6.07) is 12.8. The van der Waals surface area contributed by atoms with Crippen LogP contribution in [0.2, 0.25) is 5.02 Å². The summed E-state index contributed by atoms with van der Waals surface area (Å²) in [5, 5.41) is 3.44. The second-order valence-electron chi connectivity index (χ2n) is 7.20. The van der Waals surface area contributed by atoms with Crippen LogP contribution in [0.25, 0.3) is 0 Å². The molecule has 0 radical (unpaired) electrons. The SMILES string of the molecule is CCc1cccc(CC)c1NC(=O)COC(=O)[C@@H]1CC(=O)N(c2ccc(Cl)cc2)C1. The zero-order valence-electron chi connectivity index (χ0n) is 17.1. The van der Waals surface area contributed by atoms with Crippen molar-refractivity contribution in [2.45, 2.75) is 33.1 Å².